The molecule has 0 radical (unpaired) electrons. The predicted octanol–water partition coefficient (Wildman–Crippen LogP) is 2.18. The first-order valence-electron chi connectivity index (χ1n) is 10.1. The van der Waals surface area contributed by atoms with E-state index in [-0.39, 0.29) is 36.3 Å². The lowest BCUT2D eigenvalue weighted by Gasteiger charge is -2.39. The highest BCUT2D eigenvalue weighted by Crippen LogP contribution is 2.33. The molecule has 2 aromatic carbocycles. The van der Waals surface area contributed by atoms with Crippen LogP contribution in [0.2, 0.25) is 0 Å². The number of piperidine rings is 1. The molecule has 0 aromatic heterocycles. The van der Waals surface area contributed by atoms with Crippen molar-refractivity contribution in [1.29, 1.82) is 0 Å². The molecule has 1 N–H and O–H groups in total. The van der Waals surface area contributed by atoms with Gasteiger partial charge in [0.25, 0.3) is 11.8 Å². The van der Waals surface area contributed by atoms with Crippen LogP contribution < -0.4 is 15.0 Å². The van der Waals surface area contributed by atoms with Gasteiger partial charge in [0, 0.05) is 38.5 Å². The monoisotopic (exact) mass is 407 g/mol. The first kappa shape index (κ1) is 19.9. The molecule has 7 heteroatoms. The molecule has 2 aromatic rings. The number of nitrogens with one attached hydrogen (secondary N) is 1. The summed E-state index contributed by atoms with van der Waals surface area (Å²) in [5.41, 5.74) is 2.25. The van der Waals surface area contributed by atoms with Crippen molar-refractivity contribution < 1.29 is 19.1 Å². The molecular formula is C23H25N3O4. The van der Waals surface area contributed by atoms with Gasteiger partial charge in [-0.15, -0.1) is 0 Å². The highest BCUT2D eigenvalue weighted by molar-refractivity contribution is 6.01. The number of nitrogens with zero attached hydrogens (tertiary/aromatic N) is 2. The van der Waals surface area contributed by atoms with Crippen molar-refractivity contribution in [3.05, 3.63) is 59.7 Å². The average molecular weight is 407 g/mol. The van der Waals surface area contributed by atoms with E-state index in [0.29, 0.717) is 30.1 Å². The van der Waals surface area contributed by atoms with Crippen LogP contribution in [0.5, 0.6) is 5.75 Å². The summed E-state index contributed by atoms with van der Waals surface area (Å²) in [4.78, 5) is 40.2. The highest BCUT2D eigenvalue weighted by Gasteiger charge is 2.34. The van der Waals surface area contributed by atoms with Crippen LogP contribution in [0.4, 0.5) is 5.69 Å². The molecular weight excluding hydrogens is 382 g/mol. The number of amides is 3. The van der Waals surface area contributed by atoms with Crippen molar-refractivity contribution in [1.82, 2.24) is 10.2 Å². The fourth-order valence-corrected chi connectivity index (χ4v) is 4.23. The van der Waals surface area contributed by atoms with Gasteiger partial charge in [0.1, 0.15) is 5.75 Å². The molecule has 2 aliphatic heterocycles. The maximum absolute atomic E-state index is 13.2. The van der Waals surface area contributed by atoms with Gasteiger partial charge >= 0.3 is 0 Å². The van der Waals surface area contributed by atoms with Crippen LogP contribution in [0.1, 0.15) is 35.2 Å². The number of benzene rings is 2. The summed E-state index contributed by atoms with van der Waals surface area (Å²) < 4.78 is 5.45. The van der Waals surface area contributed by atoms with E-state index in [1.807, 2.05) is 18.2 Å². The zero-order valence-electron chi connectivity index (χ0n) is 17.1. The number of carbonyl (C=O) groups excluding carboxylic acids is 3. The van der Waals surface area contributed by atoms with E-state index in [1.54, 1.807) is 30.1 Å². The van der Waals surface area contributed by atoms with E-state index in [2.05, 4.69) is 17.4 Å². The van der Waals surface area contributed by atoms with E-state index >= 15 is 0 Å². The molecule has 1 fully saturated rings. The maximum Gasteiger partial charge on any atom is 0.264 e. The first-order chi connectivity index (χ1) is 14.4. The maximum atomic E-state index is 13.2. The molecule has 0 bridgehead atoms. The largest absolute Gasteiger partial charge is 0.482 e. The predicted molar refractivity (Wildman–Crippen MR) is 113 cm³/mol. The average Bonchev–Trinajstić information content (AvgIpc) is 2.76. The third-order valence-electron chi connectivity index (χ3n) is 5.81. The molecule has 0 unspecified atom stereocenters. The zero-order valence-corrected chi connectivity index (χ0v) is 17.1. The van der Waals surface area contributed by atoms with Crippen LogP contribution in [0.3, 0.4) is 0 Å². The second-order valence-corrected chi connectivity index (χ2v) is 7.79. The molecule has 4 rings (SSSR count). The second kappa shape index (κ2) is 8.18. The van der Waals surface area contributed by atoms with Gasteiger partial charge in [0.15, 0.2) is 6.61 Å². The van der Waals surface area contributed by atoms with Gasteiger partial charge in [-0.1, -0.05) is 30.3 Å². The Kier molecular flexibility index (Phi) is 5.44. The molecule has 7 nitrogen and oxygen atoms in total. The Morgan fingerprint density at radius 1 is 1.13 bits per heavy atom. The number of hydrogen-bond donors (Lipinski definition) is 1. The smallest absolute Gasteiger partial charge is 0.264 e. The minimum atomic E-state index is -0.159. The molecule has 2 heterocycles. The van der Waals surface area contributed by atoms with Gasteiger partial charge < -0.3 is 19.9 Å². The van der Waals surface area contributed by atoms with Crippen LogP contribution in [-0.2, 0) is 9.59 Å². The summed E-state index contributed by atoms with van der Waals surface area (Å²) >= 11 is 0. The number of anilines is 1. The standard InChI is InChI=1S/C23H25N3O4/c1-15(27)24-19-13-26(11-10-18(19)16-6-4-3-5-7-16)23(29)17-8-9-21-20(12-17)25(2)22(28)14-30-21/h3-9,12,18-19H,10-11,13-14H2,1-2H3,(H,24,27)/t18-,19-/m0/s1. The lowest BCUT2D eigenvalue weighted by molar-refractivity contribution is -0.121. The van der Waals surface area contributed by atoms with Gasteiger partial charge in [-0.2, -0.15) is 0 Å². The Morgan fingerprint density at radius 2 is 1.90 bits per heavy atom. The minimum Gasteiger partial charge on any atom is -0.482 e. The minimum absolute atomic E-state index is 0.00217. The second-order valence-electron chi connectivity index (χ2n) is 7.79. The number of hydrogen-bond acceptors (Lipinski definition) is 4. The van der Waals surface area contributed by atoms with Crippen molar-refractivity contribution in [3.8, 4) is 5.75 Å². The van der Waals surface area contributed by atoms with Crippen molar-refractivity contribution in [2.75, 3.05) is 31.6 Å². The summed E-state index contributed by atoms with van der Waals surface area (Å²) in [5, 5.41) is 3.02. The molecule has 2 atom stereocenters. The Hall–Kier alpha value is -3.35. The van der Waals surface area contributed by atoms with Gasteiger partial charge in [-0.3, -0.25) is 14.4 Å². The van der Waals surface area contributed by atoms with Crippen LogP contribution in [0.25, 0.3) is 0 Å². The number of carbonyl (C=O) groups is 3. The number of likely N-dealkylation sites (tertiary alicyclic amines) is 1. The van der Waals surface area contributed by atoms with Crippen molar-refractivity contribution in [2.24, 2.45) is 0 Å². The Balaban J connectivity index is 1.55. The zero-order chi connectivity index (χ0) is 21.3. The van der Waals surface area contributed by atoms with Crippen molar-refractivity contribution in [2.45, 2.75) is 25.3 Å². The summed E-state index contributed by atoms with van der Waals surface area (Å²) in [6.45, 7) is 2.53. The Labute approximate surface area is 175 Å². The topological polar surface area (TPSA) is 79.0 Å². The van der Waals surface area contributed by atoms with Crippen molar-refractivity contribution >= 4 is 23.4 Å². The number of rotatable bonds is 3. The van der Waals surface area contributed by atoms with Crippen LogP contribution >= 0.6 is 0 Å². The van der Waals surface area contributed by atoms with E-state index < -0.39 is 0 Å². The van der Waals surface area contributed by atoms with Crippen molar-refractivity contribution in [3.63, 3.8) is 0 Å². The number of ether oxygens (including phenoxy) is 1. The summed E-state index contributed by atoms with van der Waals surface area (Å²) in [6.07, 6.45) is 0.757. The summed E-state index contributed by atoms with van der Waals surface area (Å²) in [5.74, 6) is 0.362. The van der Waals surface area contributed by atoms with E-state index in [1.165, 1.54) is 11.8 Å². The summed E-state index contributed by atoms with van der Waals surface area (Å²) in [6, 6.07) is 15.1. The van der Waals surface area contributed by atoms with Gasteiger partial charge in [-0.05, 0) is 30.2 Å². The lowest BCUT2D eigenvalue weighted by atomic mass is 9.85. The lowest BCUT2D eigenvalue weighted by Crippen LogP contribution is -2.52. The molecule has 3 amide bonds. The normalized spacial score (nSPS) is 20.9. The SMILES string of the molecule is CC(=O)N[C@H]1CN(C(=O)c2ccc3c(c2)N(C)C(=O)CO3)CC[C@H]1c1ccccc1. The Morgan fingerprint density at radius 3 is 2.63 bits per heavy atom. The molecule has 156 valence electrons. The third kappa shape index (κ3) is 3.87. The van der Waals surface area contributed by atoms with Gasteiger partial charge in [0.2, 0.25) is 5.91 Å². The van der Waals surface area contributed by atoms with Gasteiger partial charge in [0.05, 0.1) is 11.7 Å². The van der Waals surface area contributed by atoms with Crippen LogP contribution in [0.15, 0.2) is 48.5 Å². The van der Waals surface area contributed by atoms with Crippen LogP contribution in [-0.4, -0.2) is 55.4 Å². The molecule has 0 saturated carbocycles. The molecule has 2 aliphatic rings. The molecule has 0 aliphatic carbocycles. The summed E-state index contributed by atoms with van der Waals surface area (Å²) in [7, 11) is 1.68. The van der Waals surface area contributed by atoms with E-state index in [0.717, 1.165) is 12.0 Å². The van der Waals surface area contributed by atoms with E-state index in [4.69, 9.17) is 4.74 Å². The van der Waals surface area contributed by atoms with Crippen LogP contribution in [0, 0.1) is 0 Å². The first-order valence-corrected chi connectivity index (χ1v) is 10.1. The third-order valence-corrected chi connectivity index (χ3v) is 5.81. The highest BCUT2D eigenvalue weighted by atomic mass is 16.5. The Bertz CT molecular complexity index is 976. The molecule has 1 saturated heterocycles. The quantitative estimate of drug-likeness (QED) is 0.846. The number of fused-ring (bicyclic) bond motifs is 1. The van der Waals surface area contributed by atoms with E-state index in [9.17, 15) is 14.4 Å². The fraction of sp³-hybridized carbons (Fsp3) is 0.348. The molecule has 30 heavy (non-hydrogen) atoms. The number of likely N-dealkylation sites (N-methyl/N-ethyl adjacent to an activating group) is 1. The fourth-order valence-electron chi connectivity index (χ4n) is 4.23. The molecule has 0 spiro atoms. The van der Waals surface area contributed by atoms with Gasteiger partial charge in [-0.25, -0.2) is 0 Å².